The van der Waals surface area contributed by atoms with Crippen LogP contribution in [0.2, 0.25) is 0 Å². The van der Waals surface area contributed by atoms with Crippen molar-refractivity contribution in [3.8, 4) is 17.9 Å². The van der Waals surface area contributed by atoms with Crippen LogP contribution in [-0.4, -0.2) is 23.9 Å². The van der Waals surface area contributed by atoms with Gasteiger partial charge in [0.05, 0.1) is 12.8 Å². The number of ether oxygens (including phenoxy) is 1. The molecule has 0 radical (unpaired) electrons. The van der Waals surface area contributed by atoms with Crippen molar-refractivity contribution in [1.29, 1.82) is 10.5 Å². The van der Waals surface area contributed by atoms with Crippen LogP contribution in [0.4, 0.5) is 0 Å². The van der Waals surface area contributed by atoms with Crippen LogP contribution in [0.1, 0.15) is 10.4 Å². The minimum atomic E-state index is -0.588. The minimum absolute atomic E-state index is 0.0115. The van der Waals surface area contributed by atoms with Gasteiger partial charge in [0.1, 0.15) is 17.9 Å². The van der Waals surface area contributed by atoms with Crippen molar-refractivity contribution in [2.45, 2.75) is 0 Å². The summed E-state index contributed by atoms with van der Waals surface area (Å²) in [4.78, 5) is 24.0. The van der Waals surface area contributed by atoms with Crippen LogP contribution in [0.25, 0.3) is 0 Å². The zero-order valence-electron chi connectivity index (χ0n) is 11.5. The highest BCUT2D eigenvalue weighted by molar-refractivity contribution is 6.00. The van der Waals surface area contributed by atoms with Gasteiger partial charge in [0.15, 0.2) is 5.57 Å². The fraction of sp³-hybridized carbons (Fsp3) is 0.0667. The number of hydrogen-bond donors (Lipinski definition) is 1. The zero-order valence-corrected chi connectivity index (χ0v) is 11.5. The molecule has 0 saturated heterocycles. The molecule has 2 amide bonds. The maximum absolute atomic E-state index is 12.5. The number of nitrogens with one attached hydrogen (secondary N) is 1. The van der Waals surface area contributed by atoms with Crippen LogP contribution in [0.15, 0.2) is 47.7 Å². The van der Waals surface area contributed by atoms with E-state index in [1.165, 1.54) is 25.3 Å². The molecular weight excluding hydrogens is 284 g/mol. The molecule has 1 heterocycles. The highest BCUT2D eigenvalue weighted by Crippen LogP contribution is 2.19. The van der Waals surface area contributed by atoms with Crippen LogP contribution < -0.4 is 10.2 Å². The molecule has 7 nitrogen and oxygen atoms in total. The summed E-state index contributed by atoms with van der Waals surface area (Å²) in [6, 6.07) is 9.69. The van der Waals surface area contributed by atoms with Crippen LogP contribution in [-0.2, 0) is 4.79 Å². The first kappa shape index (κ1) is 14.8. The first-order valence-electron chi connectivity index (χ1n) is 6.12. The number of hydrogen-bond acceptors (Lipinski definition) is 5. The number of amides is 2. The van der Waals surface area contributed by atoms with E-state index in [1.807, 2.05) is 0 Å². The van der Waals surface area contributed by atoms with Gasteiger partial charge in [0.2, 0.25) is 0 Å². The van der Waals surface area contributed by atoms with Crippen molar-refractivity contribution >= 4 is 11.8 Å². The van der Waals surface area contributed by atoms with Crippen LogP contribution in [0.5, 0.6) is 5.75 Å². The van der Waals surface area contributed by atoms with Gasteiger partial charge in [0, 0.05) is 11.6 Å². The molecule has 0 unspecified atom stereocenters. The number of nitriles is 2. The first-order chi connectivity index (χ1) is 10.6. The maximum Gasteiger partial charge on any atom is 0.277 e. The van der Waals surface area contributed by atoms with E-state index in [4.69, 9.17) is 15.3 Å². The molecule has 0 fully saturated rings. The van der Waals surface area contributed by atoms with Gasteiger partial charge in [-0.25, -0.2) is 5.01 Å². The highest BCUT2D eigenvalue weighted by atomic mass is 16.5. The molecule has 2 rings (SSSR count). The van der Waals surface area contributed by atoms with Crippen LogP contribution >= 0.6 is 0 Å². The Kier molecular flexibility index (Phi) is 4.21. The third kappa shape index (κ3) is 2.79. The lowest BCUT2D eigenvalue weighted by atomic mass is 10.1. The third-order valence-corrected chi connectivity index (χ3v) is 2.86. The normalized spacial score (nSPS) is 13.0. The van der Waals surface area contributed by atoms with Gasteiger partial charge in [-0.05, 0) is 24.3 Å². The number of carbonyl (C=O) groups excluding carboxylic acids is 2. The van der Waals surface area contributed by atoms with Gasteiger partial charge in [0.25, 0.3) is 11.8 Å². The third-order valence-electron chi connectivity index (χ3n) is 2.86. The molecule has 1 aliphatic heterocycles. The molecule has 0 aliphatic carbocycles. The standard InChI is InChI=1S/C15H10N4O3/c1-22-12-4-2-3-10(7-12)15(21)19-13(11(8-16)9-17)5-6-14(20)18-19/h2-7H,1H3,(H,18,20). The van der Waals surface area contributed by atoms with E-state index in [0.29, 0.717) is 5.75 Å². The predicted molar refractivity (Wildman–Crippen MR) is 74.7 cm³/mol. The van der Waals surface area contributed by atoms with Crippen molar-refractivity contribution in [3.05, 3.63) is 53.3 Å². The Morgan fingerprint density at radius 2 is 2.00 bits per heavy atom. The van der Waals surface area contributed by atoms with E-state index >= 15 is 0 Å². The van der Waals surface area contributed by atoms with Crippen LogP contribution in [0.3, 0.4) is 0 Å². The van der Waals surface area contributed by atoms with Gasteiger partial charge < -0.3 is 4.74 Å². The average molecular weight is 294 g/mol. The lowest BCUT2D eigenvalue weighted by molar-refractivity contribution is -0.120. The van der Waals surface area contributed by atoms with E-state index < -0.39 is 11.8 Å². The Labute approximate surface area is 126 Å². The largest absolute Gasteiger partial charge is 0.497 e. The molecule has 1 aromatic rings. The fourth-order valence-corrected chi connectivity index (χ4v) is 1.82. The van der Waals surface area contributed by atoms with Gasteiger partial charge in [-0.3, -0.25) is 15.0 Å². The van der Waals surface area contributed by atoms with Crippen molar-refractivity contribution in [3.63, 3.8) is 0 Å². The quantitative estimate of drug-likeness (QED) is 0.820. The van der Waals surface area contributed by atoms with E-state index in [2.05, 4.69) is 5.43 Å². The molecule has 0 atom stereocenters. The Morgan fingerprint density at radius 1 is 1.27 bits per heavy atom. The number of nitrogens with zero attached hydrogens (tertiary/aromatic N) is 3. The summed E-state index contributed by atoms with van der Waals surface area (Å²) in [5.41, 5.74) is 2.27. The second-order valence-corrected chi connectivity index (χ2v) is 4.17. The summed E-state index contributed by atoms with van der Waals surface area (Å²) in [6.45, 7) is 0. The van der Waals surface area contributed by atoms with E-state index in [9.17, 15) is 9.59 Å². The molecule has 1 aromatic carbocycles. The summed E-state index contributed by atoms with van der Waals surface area (Å²) < 4.78 is 5.04. The van der Waals surface area contributed by atoms with Gasteiger partial charge in [-0.2, -0.15) is 10.5 Å². The first-order valence-corrected chi connectivity index (χ1v) is 6.12. The van der Waals surface area contributed by atoms with Gasteiger partial charge >= 0.3 is 0 Å². The summed E-state index contributed by atoms with van der Waals surface area (Å²) >= 11 is 0. The molecule has 0 spiro atoms. The molecule has 1 N–H and O–H groups in total. The Hall–Kier alpha value is -3.58. The zero-order chi connectivity index (χ0) is 16.1. The van der Waals surface area contributed by atoms with E-state index in [1.54, 1.807) is 24.3 Å². The molecular formula is C15H10N4O3. The SMILES string of the molecule is COc1cccc(C(=O)N2NC(=O)C=CC2=C(C#N)C#N)c1. The second kappa shape index (κ2) is 6.25. The number of methoxy groups -OCH3 is 1. The number of hydrazine groups is 1. The molecule has 1 aliphatic rings. The van der Waals surface area contributed by atoms with Crippen molar-refractivity contribution in [2.75, 3.05) is 7.11 Å². The molecule has 108 valence electrons. The summed E-state index contributed by atoms with van der Waals surface area (Å²) in [6.07, 6.45) is 2.39. The molecule has 22 heavy (non-hydrogen) atoms. The summed E-state index contributed by atoms with van der Waals surface area (Å²) in [7, 11) is 1.46. The molecule has 7 heteroatoms. The summed E-state index contributed by atoms with van der Waals surface area (Å²) in [5.74, 6) is -0.652. The topological polar surface area (TPSA) is 106 Å². The summed E-state index contributed by atoms with van der Waals surface area (Å²) in [5, 5.41) is 18.8. The van der Waals surface area contributed by atoms with Gasteiger partial charge in [-0.1, -0.05) is 6.07 Å². The highest BCUT2D eigenvalue weighted by Gasteiger charge is 2.26. The Bertz CT molecular complexity index is 765. The number of carbonyl (C=O) groups is 2. The number of benzene rings is 1. The average Bonchev–Trinajstić information content (AvgIpc) is 2.56. The molecule has 0 bridgehead atoms. The Balaban J connectivity index is 2.48. The lowest BCUT2D eigenvalue weighted by Gasteiger charge is -2.26. The molecule has 0 saturated carbocycles. The van der Waals surface area contributed by atoms with Crippen molar-refractivity contribution < 1.29 is 14.3 Å². The second-order valence-electron chi connectivity index (χ2n) is 4.17. The van der Waals surface area contributed by atoms with E-state index in [0.717, 1.165) is 11.1 Å². The minimum Gasteiger partial charge on any atom is -0.497 e. The predicted octanol–water partition coefficient (Wildman–Crippen LogP) is 1.04. The maximum atomic E-state index is 12.5. The van der Waals surface area contributed by atoms with E-state index in [-0.39, 0.29) is 16.8 Å². The number of rotatable bonds is 2. The van der Waals surface area contributed by atoms with Crippen molar-refractivity contribution in [2.24, 2.45) is 0 Å². The lowest BCUT2D eigenvalue weighted by Crippen LogP contribution is -2.47. The number of allylic oxidation sites excluding steroid dienone is 2. The Morgan fingerprint density at radius 3 is 2.64 bits per heavy atom. The monoisotopic (exact) mass is 294 g/mol. The van der Waals surface area contributed by atoms with Gasteiger partial charge in [-0.15, -0.1) is 0 Å². The molecule has 0 aromatic heterocycles. The van der Waals surface area contributed by atoms with Crippen molar-refractivity contribution in [1.82, 2.24) is 10.4 Å². The van der Waals surface area contributed by atoms with Crippen LogP contribution in [0, 0.1) is 22.7 Å². The smallest absolute Gasteiger partial charge is 0.277 e. The fourth-order valence-electron chi connectivity index (χ4n) is 1.82.